The molecular formula is C13H16N2OS. The minimum Gasteiger partial charge on any atom is -0.349 e. The number of carbonyl (C=O) groups excluding carboxylic acids is 1. The van der Waals surface area contributed by atoms with Gasteiger partial charge in [-0.15, -0.1) is 11.3 Å². The highest BCUT2D eigenvalue weighted by Gasteiger charge is 2.26. The Kier molecular flexibility index (Phi) is 3.82. The molecule has 90 valence electrons. The van der Waals surface area contributed by atoms with Crippen molar-refractivity contribution in [3.05, 3.63) is 21.9 Å². The molecule has 0 aromatic carbocycles. The van der Waals surface area contributed by atoms with Crippen molar-refractivity contribution in [2.45, 2.75) is 25.8 Å². The maximum atomic E-state index is 11.9. The summed E-state index contributed by atoms with van der Waals surface area (Å²) in [5.74, 6) is 6.47. The molecule has 0 saturated heterocycles. The fraction of sp³-hybridized carbons (Fsp3) is 0.462. The summed E-state index contributed by atoms with van der Waals surface area (Å²) in [6.07, 6.45) is 2.19. The first kappa shape index (κ1) is 12.2. The Morgan fingerprint density at radius 2 is 2.41 bits per heavy atom. The van der Waals surface area contributed by atoms with Crippen LogP contribution >= 0.6 is 11.3 Å². The molecule has 1 aromatic heterocycles. The molecule has 3 N–H and O–H groups in total. The molecule has 0 atom stereocenters. The number of thiophene rings is 1. The zero-order valence-corrected chi connectivity index (χ0v) is 10.6. The SMILES string of the molecule is CC1CC(NC(=O)c2csc(C#CCN)c2)C1. The summed E-state index contributed by atoms with van der Waals surface area (Å²) in [7, 11) is 0. The van der Waals surface area contributed by atoms with Crippen LogP contribution in [0.15, 0.2) is 11.4 Å². The maximum Gasteiger partial charge on any atom is 0.252 e. The van der Waals surface area contributed by atoms with Crippen LogP contribution in [0.5, 0.6) is 0 Å². The quantitative estimate of drug-likeness (QED) is 0.781. The first-order valence-corrected chi connectivity index (χ1v) is 6.65. The lowest BCUT2D eigenvalue weighted by Crippen LogP contribution is -2.43. The molecule has 1 fully saturated rings. The summed E-state index contributed by atoms with van der Waals surface area (Å²) in [5, 5.41) is 4.87. The topological polar surface area (TPSA) is 55.1 Å². The highest BCUT2D eigenvalue weighted by molar-refractivity contribution is 7.10. The van der Waals surface area contributed by atoms with Crippen LogP contribution in [0.25, 0.3) is 0 Å². The van der Waals surface area contributed by atoms with Crippen molar-refractivity contribution in [1.29, 1.82) is 0 Å². The van der Waals surface area contributed by atoms with E-state index >= 15 is 0 Å². The highest BCUT2D eigenvalue weighted by Crippen LogP contribution is 2.26. The van der Waals surface area contributed by atoms with Crippen LogP contribution in [0.2, 0.25) is 0 Å². The summed E-state index contributed by atoms with van der Waals surface area (Å²) in [6, 6.07) is 2.18. The van der Waals surface area contributed by atoms with Crippen LogP contribution in [0.1, 0.15) is 35.0 Å². The lowest BCUT2D eigenvalue weighted by atomic mass is 9.82. The molecule has 17 heavy (non-hydrogen) atoms. The van der Waals surface area contributed by atoms with Crippen molar-refractivity contribution in [2.24, 2.45) is 11.7 Å². The summed E-state index contributed by atoms with van der Waals surface area (Å²) in [5.41, 5.74) is 6.00. The number of hydrogen-bond acceptors (Lipinski definition) is 3. The van der Waals surface area contributed by atoms with Gasteiger partial charge in [-0.2, -0.15) is 0 Å². The van der Waals surface area contributed by atoms with Crippen molar-refractivity contribution in [3.8, 4) is 11.8 Å². The van der Waals surface area contributed by atoms with Gasteiger partial charge < -0.3 is 11.1 Å². The second kappa shape index (κ2) is 5.35. The van der Waals surface area contributed by atoms with E-state index in [2.05, 4.69) is 24.1 Å². The Labute approximate surface area is 105 Å². The largest absolute Gasteiger partial charge is 0.349 e. The molecular weight excluding hydrogens is 232 g/mol. The van der Waals surface area contributed by atoms with Crippen LogP contribution in [0.4, 0.5) is 0 Å². The third-order valence-electron chi connectivity index (χ3n) is 2.88. The van der Waals surface area contributed by atoms with Gasteiger partial charge in [-0.3, -0.25) is 4.79 Å². The molecule has 0 radical (unpaired) electrons. The molecule has 3 nitrogen and oxygen atoms in total. The van der Waals surface area contributed by atoms with Crippen LogP contribution in [-0.4, -0.2) is 18.5 Å². The standard InChI is InChI=1S/C13H16N2OS/c1-9-5-11(6-9)15-13(16)10-7-12(17-8-10)3-2-4-14/h7-9,11H,4-6,14H2,1H3,(H,15,16). The van der Waals surface area contributed by atoms with E-state index < -0.39 is 0 Å². The van der Waals surface area contributed by atoms with Crippen molar-refractivity contribution in [1.82, 2.24) is 5.32 Å². The van der Waals surface area contributed by atoms with Crippen molar-refractivity contribution in [3.63, 3.8) is 0 Å². The molecule has 2 rings (SSSR count). The Hall–Kier alpha value is -1.31. The third kappa shape index (κ3) is 3.09. The highest BCUT2D eigenvalue weighted by atomic mass is 32.1. The minimum atomic E-state index is 0.0129. The van der Waals surface area contributed by atoms with E-state index in [0.29, 0.717) is 18.2 Å². The summed E-state index contributed by atoms with van der Waals surface area (Å²) in [4.78, 5) is 12.8. The zero-order chi connectivity index (χ0) is 12.3. The first-order chi connectivity index (χ1) is 8.19. The van der Waals surface area contributed by atoms with Crippen molar-refractivity contribution < 1.29 is 4.79 Å². The van der Waals surface area contributed by atoms with Gasteiger partial charge in [0, 0.05) is 11.4 Å². The van der Waals surface area contributed by atoms with E-state index in [1.54, 1.807) is 0 Å². The van der Waals surface area contributed by atoms with E-state index in [9.17, 15) is 4.79 Å². The average molecular weight is 248 g/mol. The van der Waals surface area contributed by atoms with Crippen LogP contribution in [0.3, 0.4) is 0 Å². The van der Waals surface area contributed by atoms with Crippen LogP contribution in [0, 0.1) is 17.8 Å². The zero-order valence-electron chi connectivity index (χ0n) is 9.82. The predicted octanol–water partition coefficient (Wildman–Crippen LogP) is 1.59. The van der Waals surface area contributed by atoms with Gasteiger partial charge in [0.1, 0.15) is 0 Å². The number of amides is 1. The van der Waals surface area contributed by atoms with Gasteiger partial charge >= 0.3 is 0 Å². The normalized spacial score (nSPS) is 22.2. The van der Waals surface area contributed by atoms with Gasteiger partial charge in [-0.05, 0) is 24.8 Å². The molecule has 1 aliphatic carbocycles. The average Bonchev–Trinajstić information content (AvgIpc) is 2.72. The second-order valence-corrected chi connectivity index (χ2v) is 5.36. The number of nitrogens with two attached hydrogens (primary N) is 1. The van der Waals surface area contributed by atoms with Crippen LogP contribution < -0.4 is 11.1 Å². The Morgan fingerprint density at radius 3 is 3.06 bits per heavy atom. The predicted molar refractivity (Wildman–Crippen MR) is 69.9 cm³/mol. The van der Waals surface area contributed by atoms with Gasteiger partial charge in [-0.1, -0.05) is 18.8 Å². The molecule has 0 unspecified atom stereocenters. The third-order valence-corrected chi connectivity index (χ3v) is 3.73. The molecule has 1 aromatic rings. The summed E-state index contributed by atoms with van der Waals surface area (Å²) in [6.45, 7) is 2.55. The molecule has 1 aliphatic rings. The lowest BCUT2D eigenvalue weighted by molar-refractivity contribution is 0.0896. The molecule has 1 heterocycles. The molecule has 0 bridgehead atoms. The molecule has 4 heteroatoms. The van der Waals surface area contributed by atoms with Gasteiger partial charge in [0.2, 0.25) is 0 Å². The van der Waals surface area contributed by atoms with Crippen molar-refractivity contribution >= 4 is 17.2 Å². The minimum absolute atomic E-state index is 0.0129. The van der Waals surface area contributed by atoms with Crippen LogP contribution in [-0.2, 0) is 0 Å². The number of hydrogen-bond donors (Lipinski definition) is 2. The fourth-order valence-electron chi connectivity index (χ4n) is 1.95. The number of rotatable bonds is 2. The Bertz CT molecular complexity index is 463. The van der Waals surface area contributed by atoms with E-state index in [4.69, 9.17) is 5.73 Å². The molecule has 0 spiro atoms. The Morgan fingerprint density at radius 1 is 1.65 bits per heavy atom. The summed E-state index contributed by atoms with van der Waals surface area (Å²) >= 11 is 1.48. The number of carbonyl (C=O) groups is 1. The number of nitrogens with one attached hydrogen (secondary N) is 1. The molecule has 1 amide bonds. The van der Waals surface area contributed by atoms with E-state index in [1.165, 1.54) is 11.3 Å². The smallest absolute Gasteiger partial charge is 0.252 e. The first-order valence-electron chi connectivity index (χ1n) is 5.77. The van der Waals surface area contributed by atoms with Crippen molar-refractivity contribution in [2.75, 3.05) is 6.54 Å². The molecule has 0 aliphatic heterocycles. The van der Waals surface area contributed by atoms with E-state index in [-0.39, 0.29) is 5.91 Å². The van der Waals surface area contributed by atoms with Gasteiger partial charge in [0.25, 0.3) is 5.91 Å². The van der Waals surface area contributed by atoms with Gasteiger partial charge in [-0.25, -0.2) is 0 Å². The van der Waals surface area contributed by atoms with Gasteiger partial charge in [0.05, 0.1) is 17.0 Å². The van der Waals surface area contributed by atoms with E-state index in [0.717, 1.165) is 23.6 Å². The summed E-state index contributed by atoms with van der Waals surface area (Å²) < 4.78 is 0. The lowest BCUT2D eigenvalue weighted by Gasteiger charge is -2.33. The van der Waals surface area contributed by atoms with Gasteiger partial charge in [0.15, 0.2) is 0 Å². The Balaban J connectivity index is 1.92. The monoisotopic (exact) mass is 248 g/mol. The van der Waals surface area contributed by atoms with E-state index in [1.807, 2.05) is 11.4 Å². The second-order valence-electron chi connectivity index (χ2n) is 4.45. The molecule has 1 saturated carbocycles. The fourth-order valence-corrected chi connectivity index (χ4v) is 2.70. The maximum absolute atomic E-state index is 11.9.